The van der Waals surface area contributed by atoms with E-state index in [0.717, 1.165) is 28.8 Å². The molecular weight excluding hydrogens is 386 g/mol. The van der Waals surface area contributed by atoms with Gasteiger partial charge in [0, 0.05) is 24.9 Å². The first-order valence-corrected chi connectivity index (χ1v) is 10.3. The van der Waals surface area contributed by atoms with Gasteiger partial charge in [-0.3, -0.25) is 4.79 Å². The van der Waals surface area contributed by atoms with Gasteiger partial charge in [-0.2, -0.15) is 5.10 Å². The van der Waals surface area contributed by atoms with Gasteiger partial charge in [0.25, 0.3) is 5.91 Å². The Morgan fingerprint density at radius 2 is 2.07 bits per heavy atom. The monoisotopic (exact) mass is 407 g/mol. The molecule has 1 saturated heterocycles. The number of amides is 1. The highest BCUT2D eigenvalue weighted by Crippen LogP contribution is 2.40. The Balaban J connectivity index is 1.49. The number of rotatable bonds is 3. The van der Waals surface area contributed by atoms with Gasteiger partial charge in [-0.15, -0.1) is 0 Å². The highest BCUT2D eigenvalue weighted by Gasteiger charge is 2.40. The molecule has 0 aliphatic carbocycles. The van der Waals surface area contributed by atoms with Crippen LogP contribution >= 0.6 is 11.6 Å². The Morgan fingerprint density at radius 3 is 2.79 bits per heavy atom. The molecule has 29 heavy (non-hydrogen) atoms. The molecule has 3 aromatic rings. The van der Waals surface area contributed by atoms with Crippen molar-refractivity contribution in [2.75, 3.05) is 6.54 Å². The number of benzene rings is 2. The van der Waals surface area contributed by atoms with E-state index < -0.39 is 0 Å². The normalized spacial score (nSPS) is 20.4. The summed E-state index contributed by atoms with van der Waals surface area (Å²) in [6.07, 6.45) is 5.25. The van der Waals surface area contributed by atoms with Crippen molar-refractivity contribution in [3.05, 3.63) is 76.1 Å². The summed E-state index contributed by atoms with van der Waals surface area (Å²) in [6.45, 7) is 4.70. The molecule has 5 nitrogen and oxygen atoms in total. The molecule has 2 aliphatic rings. The summed E-state index contributed by atoms with van der Waals surface area (Å²) in [5, 5.41) is 4.82. The van der Waals surface area contributed by atoms with Gasteiger partial charge in [0.15, 0.2) is 5.75 Å². The zero-order valence-electron chi connectivity index (χ0n) is 16.4. The molecule has 5 rings (SSSR count). The summed E-state index contributed by atoms with van der Waals surface area (Å²) in [5.74, 6) is 0.566. The first-order valence-electron chi connectivity index (χ1n) is 9.90. The second-order valence-corrected chi connectivity index (χ2v) is 8.31. The number of hydrogen-bond donors (Lipinski definition) is 0. The SMILES string of the molecule is Cc1c(Cc2ccc(-n3cccn3)cc2)cc2c(c1Cl)O[C@H]1C[C@H](C)N(C1)C2=O. The summed E-state index contributed by atoms with van der Waals surface area (Å²) in [7, 11) is 0. The van der Waals surface area contributed by atoms with Crippen molar-refractivity contribution < 1.29 is 9.53 Å². The van der Waals surface area contributed by atoms with Crippen molar-refractivity contribution in [1.82, 2.24) is 14.7 Å². The third kappa shape index (κ3) is 3.10. The number of aromatic nitrogens is 2. The fourth-order valence-electron chi connectivity index (χ4n) is 4.31. The van der Waals surface area contributed by atoms with Gasteiger partial charge in [-0.1, -0.05) is 23.7 Å². The first-order chi connectivity index (χ1) is 14.0. The predicted octanol–water partition coefficient (Wildman–Crippen LogP) is 4.42. The van der Waals surface area contributed by atoms with Crippen LogP contribution in [0.25, 0.3) is 5.69 Å². The Kier molecular flexibility index (Phi) is 4.36. The minimum absolute atomic E-state index is 0.0182. The Labute approximate surface area is 174 Å². The molecule has 2 bridgehead atoms. The fraction of sp³-hybridized carbons (Fsp3) is 0.304. The standard InChI is InChI=1S/C23H22ClN3O2/c1-14-10-19-13-26(14)23(28)20-12-17(15(2)21(24)22(20)29-19)11-16-4-6-18(7-5-16)27-9-3-8-25-27/h3-9,12,14,19H,10-11,13H2,1-2H3/t14-,19-/m0/s1. The lowest BCUT2D eigenvalue weighted by molar-refractivity contribution is 0.0748. The van der Waals surface area contributed by atoms with Crippen molar-refractivity contribution >= 4 is 17.5 Å². The highest BCUT2D eigenvalue weighted by molar-refractivity contribution is 6.33. The van der Waals surface area contributed by atoms with Gasteiger partial charge in [-0.25, -0.2) is 4.68 Å². The second kappa shape index (κ2) is 6.92. The number of ether oxygens (including phenoxy) is 1. The van der Waals surface area contributed by atoms with Crippen LogP contribution in [0.1, 0.15) is 40.4 Å². The molecule has 0 N–H and O–H groups in total. The van der Waals surface area contributed by atoms with Gasteiger partial charge in [0.05, 0.1) is 22.8 Å². The van der Waals surface area contributed by atoms with Crippen LogP contribution in [0.5, 0.6) is 5.75 Å². The molecule has 2 aliphatic heterocycles. The average molecular weight is 408 g/mol. The Bertz CT molecular complexity index is 1080. The van der Waals surface area contributed by atoms with E-state index in [1.54, 1.807) is 6.20 Å². The van der Waals surface area contributed by atoms with E-state index in [2.05, 4.69) is 24.2 Å². The molecule has 2 atom stereocenters. The number of hydrogen-bond acceptors (Lipinski definition) is 3. The van der Waals surface area contributed by atoms with Crippen molar-refractivity contribution in [3.8, 4) is 11.4 Å². The molecule has 0 unspecified atom stereocenters. The van der Waals surface area contributed by atoms with E-state index in [1.807, 2.05) is 47.0 Å². The van der Waals surface area contributed by atoms with Gasteiger partial charge < -0.3 is 9.64 Å². The van der Waals surface area contributed by atoms with E-state index in [-0.39, 0.29) is 18.1 Å². The Hall–Kier alpha value is -2.79. The van der Waals surface area contributed by atoms with Crippen molar-refractivity contribution in [2.24, 2.45) is 0 Å². The summed E-state index contributed by atoms with van der Waals surface area (Å²) in [5.41, 5.74) is 4.76. The molecule has 6 heteroatoms. The minimum Gasteiger partial charge on any atom is -0.486 e. The Morgan fingerprint density at radius 1 is 1.28 bits per heavy atom. The topological polar surface area (TPSA) is 47.4 Å². The average Bonchev–Trinajstić information content (AvgIpc) is 3.35. The highest BCUT2D eigenvalue weighted by atomic mass is 35.5. The van der Waals surface area contributed by atoms with Crippen LogP contribution in [0.2, 0.25) is 5.02 Å². The third-order valence-corrected chi connectivity index (χ3v) is 6.44. The summed E-state index contributed by atoms with van der Waals surface area (Å²) in [4.78, 5) is 15.0. The van der Waals surface area contributed by atoms with Gasteiger partial charge in [0.2, 0.25) is 0 Å². The van der Waals surface area contributed by atoms with E-state index in [9.17, 15) is 4.79 Å². The smallest absolute Gasteiger partial charge is 0.258 e. The van der Waals surface area contributed by atoms with Crippen LogP contribution in [0.15, 0.2) is 48.8 Å². The molecule has 3 heterocycles. The molecule has 1 fully saturated rings. The lowest BCUT2D eigenvalue weighted by atomic mass is 9.96. The lowest BCUT2D eigenvalue weighted by Gasteiger charge is -2.23. The molecule has 0 spiro atoms. The van der Waals surface area contributed by atoms with Crippen molar-refractivity contribution in [2.45, 2.75) is 38.8 Å². The van der Waals surface area contributed by atoms with Crippen LogP contribution in [0, 0.1) is 6.92 Å². The molecule has 0 saturated carbocycles. The first kappa shape index (κ1) is 18.3. The summed E-state index contributed by atoms with van der Waals surface area (Å²) in [6, 6.07) is 12.3. The van der Waals surface area contributed by atoms with E-state index in [4.69, 9.17) is 16.3 Å². The van der Waals surface area contributed by atoms with E-state index in [0.29, 0.717) is 29.3 Å². The van der Waals surface area contributed by atoms with E-state index in [1.165, 1.54) is 0 Å². The lowest BCUT2D eigenvalue weighted by Crippen LogP contribution is -2.33. The second-order valence-electron chi connectivity index (χ2n) is 7.93. The number of carbonyl (C=O) groups excluding carboxylic acids is 1. The number of halogens is 1. The van der Waals surface area contributed by atoms with Gasteiger partial charge in [0.1, 0.15) is 6.10 Å². The number of fused-ring (bicyclic) bond motifs is 3. The molecule has 0 radical (unpaired) electrons. The zero-order valence-corrected chi connectivity index (χ0v) is 17.2. The molecular formula is C23H22ClN3O2. The van der Waals surface area contributed by atoms with Crippen LogP contribution in [0.4, 0.5) is 0 Å². The van der Waals surface area contributed by atoms with Gasteiger partial charge in [-0.05, 0) is 61.2 Å². The zero-order chi connectivity index (χ0) is 20.1. The molecule has 1 amide bonds. The van der Waals surface area contributed by atoms with Crippen LogP contribution in [0.3, 0.4) is 0 Å². The van der Waals surface area contributed by atoms with Crippen LogP contribution in [-0.2, 0) is 6.42 Å². The third-order valence-electron chi connectivity index (χ3n) is 5.99. The minimum atomic E-state index is 0.0182. The maximum atomic E-state index is 13.1. The number of nitrogens with zero attached hydrogens (tertiary/aromatic N) is 3. The summed E-state index contributed by atoms with van der Waals surface area (Å²) < 4.78 is 7.99. The quantitative estimate of drug-likeness (QED) is 0.645. The maximum absolute atomic E-state index is 13.1. The van der Waals surface area contributed by atoms with Gasteiger partial charge >= 0.3 is 0 Å². The summed E-state index contributed by atoms with van der Waals surface area (Å²) >= 11 is 6.68. The van der Waals surface area contributed by atoms with Crippen LogP contribution < -0.4 is 4.74 Å². The number of carbonyl (C=O) groups is 1. The van der Waals surface area contributed by atoms with Crippen molar-refractivity contribution in [1.29, 1.82) is 0 Å². The maximum Gasteiger partial charge on any atom is 0.258 e. The van der Waals surface area contributed by atoms with Crippen molar-refractivity contribution in [3.63, 3.8) is 0 Å². The molecule has 148 valence electrons. The predicted molar refractivity (Wildman–Crippen MR) is 112 cm³/mol. The fourth-order valence-corrected chi connectivity index (χ4v) is 4.58. The van der Waals surface area contributed by atoms with E-state index >= 15 is 0 Å². The largest absolute Gasteiger partial charge is 0.486 e. The molecule has 1 aromatic heterocycles. The van der Waals surface area contributed by atoms with Crippen LogP contribution in [-0.4, -0.2) is 39.3 Å². The molecule has 2 aromatic carbocycles.